The van der Waals surface area contributed by atoms with Gasteiger partial charge in [0.05, 0.1) is 12.2 Å². The van der Waals surface area contributed by atoms with Gasteiger partial charge in [0.25, 0.3) is 0 Å². The molecule has 1 aliphatic carbocycles. The molecule has 3 nitrogen and oxygen atoms in total. The van der Waals surface area contributed by atoms with Gasteiger partial charge in [-0.15, -0.1) is 0 Å². The molecule has 0 bridgehead atoms. The molecule has 0 aliphatic heterocycles. The van der Waals surface area contributed by atoms with Gasteiger partial charge in [0.2, 0.25) is 0 Å². The number of hydrogen-bond acceptors (Lipinski definition) is 2. The van der Waals surface area contributed by atoms with Crippen LogP contribution in [0.4, 0.5) is 0 Å². The highest BCUT2D eigenvalue weighted by molar-refractivity contribution is 5.20. The number of H-pyrrole nitrogens is 1. The average Bonchev–Trinajstić information content (AvgIpc) is 2.55. The number of aromatic amines is 1. The molecule has 1 aromatic rings. The van der Waals surface area contributed by atoms with E-state index in [0.29, 0.717) is 5.41 Å². The predicted molar refractivity (Wildman–Crippen MR) is 61.8 cm³/mol. The lowest BCUT2D eigenvalue weighted by Gasteiger charge is -2.28. The van der Waals surface area contributed by atoms with Gasteiger partial charge in [0.15, 0.2) is 0 Å². The van der Waals surface area contributed by atoms with Gasteiger partial charge in [-0.3, -0.25) is 0 Å². The largest absolute Gasteiger partial charge is 0.345 e. The fraction of sp³-hybridized carbons (Fsp3) is 0.750. The first kappa shape index (κ1) is 10.7. The molecule has 0 radical (unpaired) electrons. The van der Waals surface area contributed by atoms with Crippen molar-refractivity contribution in [2.24, 2.45) is 5.41 Å². The van der Waals surface area contributed by atoms with E-state index in [1.165, 1.54) is 17.8 Å². The van der Waals surface area contributed by atoms with E-state index in [2.05, 4.69) is 36.1 Å². The maximum atomic E-state index is 4.64. The van der Waals surface area contributed by atoms with E-state index < -0.39 is 0 Å². The first-order valence-electron chi connectivity index (χ1n) is 5.88. The number of imidazole rings is 1. The maximum absolute atomic E-state index is 4.64. The smallest absolute Gasteiger partial charge is 0.120 e. The van der Waals surface area contributed by atoms with Crippen molar-refractivity contribution in [1.29, 1.82) is 0 Å². The summed E-state index contributed by atoms with van der Waals surface area (Å²) in [5.74, 6) is 1.10. The third-order valence-corrected chi connectivity index (χ3v) is 3.15. The minimum atomic E-state index is 0.439. The molecule has 0 spiro atoms. The van der Waals surface area contributed by atoms with E-state index in [9.17, 15) is 0 Å². The van der Waals surface area contributed by atoms with Crippen molar-refractivity contribution < 1.29 is 0 Å². The van der Waals surface area contributed by atoms with Crippen molar-refractivity contribution in [2.75, 3.05) is 6.54 Å². The molecule has 3 heteroatoms. The molecule has 0 amide bonds. The van der Waals surface area contributed by atoms with E-state index in [4.69, 9.17) is 0 Å². The zero-order valence-corrected chi connectivity index (χ0v) is 9.98. The maximum Gasteiger partial charge on any atom is 0.120 e. The van der Waals surface area contributed by atoms with Gasteiger partial charge in [-0.1, -0.05) is 20.8 Å². The first-order valence-corrected chi connectivity index (χ1v) is 5.88. The van der Waals surface area contributed by atoms with E-state index >= 15 is 0 Å². The van der Waals surface area contributed by atoms with Crippen LogP contribution in [0.25, 0.3) is 0 Å². The molecule has 0 unspecified atom stereocenters. The Balaban J connectivity index is 2.11. The summed E-state index contributed by atoms with van der Waals surface area (Å²) in [4.78, 5) is 8.09. The highest BCUT2D eigenvalue weighted by Gasteiger charge is 2.27. The van der Waals surface area contributed by atoms with Gasteiger partial charge in [-0.05, 0) is 31.2 Å². The van der Waals surface area contributed by atoms with Crippen molar-refractivity contribution in [2.45, 2.75) is 46.6 Å². The lowest BCUT2D eigenvalue weighted by Crippen LogP contribution is -2.21. The second kappa shape index (κ2) is 3.97. The molecule has 0 saturated heterocycles. The van der Waals surface area contributed by atoms with Crippen LogP contribution in [0.1, 0.15) is 44.4 Å². The van der Waals surface area contributed by atoms with Gasteiger partial charge < -0.3 is 10.3 Å². The third-order valence-electron chi connectivity index (χ3n) is 3.15. The molecule has 1 aromatic heterocycles. The van der Waals surface area contributed by atoms with E-state index in [-0.39, 0.29) is 0 Å². The SMILES string of the molecule is CCNCc1nc2c([nH]1)CC(C)(C)CC2. The Labute approximate surface area is 91.7 Å². The molecule has 0 aromatic carbocycles. The molecule has 0 saturated carbocycles. The quantitative estimate of drug-likeness (QED) is 0.796. The summed E-state index contributed by atoms with van der Waals surface area (Å²) < 4.78 is 0. The van der Waals surface area contributed by atoms with Crippen LogP contribution in [-0.2, 0) is 19.4 Å². The van der Waals surface area contributed by atoms with E-state index in [0.717, 1.165) is 31.8 Å². The average molecular weight is 207 g/mol. The normalized spacial score (nSPS) is 18.9. The summed E-state index contributed by atoms with van der Waals surface area (Å²) in [7, 11) is 0. The molecule has 2 N–H and O–H groups in total. The molecule has 84 valence electrons. The molecule has 2 rings (SSSR count). The summed E-state index contributed by atoms with van der Waals surface area (Å²) >= 11 is 0. The Kier molecular flexibility index (Phi) is 2.83. The Bertz CT molecular complexity index is 339. The predicted octanol–water partition coefficient (Wildman–Crippen LogP) is 2.03. The van der Waals surface area contributed by atoms with Crippen molar-refractivity contribution >= 4 is 0 Å². The first-order chi connectivity index (χ1) is 7.11. The van der Waals surface area contributed by atoms with Gasteiger partial charge >= 0.3 is 0 Å². The van der Waals surface area contributed by atoms with E-state index in [1.54, 1.807) is 0 Å². The van der Waals surface area contributed by atoms with Crippen LogP contribution in [0.2, 0.25) is 0 Å². The van der Waals surface area contributed by atoms with Crippen molar-refractivity contribution in [1.82, 2.24) is 15.3 Å². The lowest BCUT2D eigenvalue weighted by molar-refractivity contribution is 0.310. The van der Waals surface area contributed by atoms with Crippen LogP contribution in [-0.4, -0.2) is 16.5 Å². The summed E-state index contributed by atoms with van der Waals surface area (Å²) in [5, 5.41) is 3.30. The number of aryl methyl sites for hydroxylation is 1. The molecule has 1 heterocycles. The van der Waals surface area contributed by atoms with Crippen LogP contribution < -0.4 is 5.32 Å². The second-order valence-corrected chi connectivity index (χ2v) is 5.23. The molecule has 15 heavy (non-hydrogen) atoms. The monoisotopic (exact) mass is 207 g/mol. The topological polar surface area (TPSA) is 40.7 Å². The van der Waals surface area contributed by atoms with Crippen LogP contribution >= 0.6 is 0 Å². The number of rotatable bonds is 3. The van der Waals surface area contributed by atoms with E-state index in [1.807, 2.05) is 0 Å². The summed E-state index contributed by atoms with van der Waals surface area (Å²) in [6.07, 6.45) is 3.53. The van der Waals surface area contributed by atoms with Crippen molar-refractivity contribution in [3.8, 4) is 0 Å². The van der Waals surface area contributed by atoms with Gasteiger partial charge in [0, 0.05) is 5.69 Å². The minimum Gasteiger partial charge on any atom is -0.345 e. The fourth-order valence-corrected chi connectivity index (χ4v) is 2.21. The number of hydrogen-bond donors (Lipinski definition) is 2. The standard InChI is InChI=1S/C12H21N3/c1-4-13-8-11-14-9-5-6-12(2,3)7-10(9)15-11/h13H,4-8H2,1-3H3,(H,14,15). The number of nitrogens with zero attached hydrogens (tertiary/aromatic N) is 1. The minimum absolute atomic E-state index is 0.439. The van der Waals surface area contributed by atoms with Crippen LogP contribution in [0.5, 0.6) is 0 Å². The van der Waals surface area contributed by atoms with Gasteiger partial charge in [-0.2, -0.15) is 0 Å². The molecule has 0 atom stereocenters. The summed E-state index contributed by atoms with van der Waals surface area (Å²) in [5.41, 5.74) is 3.09. The second-order valence-electron chi connectivity index (χ2n) is 5.23. The molecule has 1 aliphatic rings. The number of aromatic nitrogens is 2. The van der Waals surface area contributed by atoms with Crippen LogP contribution in [0.3, 0.4) is 0 Å². The highest BCUT2D eigenvalue weighted by atomic mass is 15.0. The lowest BCUT2D eigenvalue weighted by atomic mass is 9.78. The van der Waals surface area contributed by atoms with Gasteiger partial charge in [-0.25, -0.2) is 4.98 Å². The summed E-state index contributed by atoms with van der Waals surface area (Å²) in [6, 6.07) is 0. The fourth-order valence-electron chi connectivity index (χ4n) is 2.21. The molecule has 0 fully saturated rings. The zero-order valence-electron chi connectivity index (χ0n) is 9.98. The van der Waals surface area contributed by atoms with Gasteiger partial charge in [0.1, 0.15) is 5.82 Å². The third kappa shape index (κ3) is 2.40. The summed E-state index contributed by atoms with van der Waals surface area (Å²) in [6.45, 7) is 8.65. The molecular weight excluding hydrogens is 186 g/mol. The van der Waals surface area contributed by atoms with Crippen LogP contribution in [0.15, 0.2) is 0 Å². The molecular formula is C12H21N3. The highest BCUT2D eigenvalue weighted by Crippen LogP contribution is 2.33. The Morgan fingerprint density at radius 2 is 2.27 bits per heavy atom. The van der Waals surface area contributed by atoms with Crippen molar-refractivity contribution in [3.05, 3.63) is 17.2 Å². The van der Waals surface area contributed by atoms with Crippen molar-refractivity contribution in [3.63, 3.8) is 0 Å². The van der Waals surface area contributed by atoms with Crippen LogP contribution in [0, 0.1) is 5.41 Å². The number of nitrogens with one attached hydrogen (secondary N) is 2. The Hall–Kier alpha value is -0.830. The number of fused-ring (bicyclic) bond motifs is 1. The Morgan fingerprint density at radius 3 is 3.00 bits per heavy atom. The zero-order chi connectivity index (χ0) is 10.9. The Morgan fingerprint density at radius 1 is 1.47 bits per heavy atom.